The normalized spacial score (nSPS) is 12.6. The van der Waals surface area contributed by atoms with Crippen LogP contribution in [0.3, 0.4) is 0 Å². The molecule has 1 unspecified atom stereocenters. The maximum absolute atomic E-state index is 6.32. The Morgan fingerprint density at radius 2 is 2.00 bits per heavy atom. The summed E-state index contributed by atoms with van der Waals surface area (Å²) in [6, 6.07) is 12.7. The van der Waals surface area contributed by atoms with Crippen molar-refractivity contribution in [3.63, 3.8) is 0 Å². The minimum absolute atomic E-state index is 0.403. The van der Waals surface area contributed by atoms with Gasteiger partial charge in [0.25, 0.3) is 0 Å². The van der Waals surface area contributed by atoms with Crippen molar-refractivity contribution >= 4 is 38.5 Å². The fourth-order valence-corrected chi connectivity index (χ4v) is 2.80. The molecule has 0 aliphatic carbocycles. The van der Waals surface area contributed by atoms with E-state index >= 15 is 0 Å². The van der Waals surface area contributed by atoms with Crippen molar-refractivity contribution in [1.29, 1.82) is 0 Å². The van der Waals surface area contributed by atoms with Crippen LogP contribution in [0.15, 0.2) is 51.4 Å². The number of methoxy groups -OCH3 is 1. The number of rotatable bonds is 3. The van der Waals surface area contributed by atoms with E-state index in [1.54, 1.807) is 13.2 Å². The average Bonchev–Trinajstić information content (AvgIpc) is 2.89. The molecule has 1 aromatic heterocycles. The van der Waals surface area contributed by atoms with Gasteiger partial charge in [0, 0.05) is 20.4 Å². The van der Waals surface area contributed by atoms with E-state index in [2.05, 4.69) is 15.9 Å². The third-order valence-electron chi connectivity index (χ3n) is 3.33. The van der Waals surface area contributed by atoms with E-state index in [4.69, 9.17) is 26.5 Å². The van der Waals surface area contributed by atoms with Crippen LogP contribution in [0.25, 0.3) is 11.0 Å². The van der Waals surface area contributed by atoms with E-state index < -0.39 is 6.04 Å². The van der Waals surface area contributed by atoms with Crippen LogP contribution < -0.4 is 10.5 Å². The lowest BCUT2D eigenvalue weighted by Crippen LogP contribution is -2.12. The number of fused-ring (bicyclic) bond motifs is 1. The van der Waals surface area contributed by atoms with E-state index in [1.165, 1.54) is 0 Å². The average molecular weight is 367 g/mol. The van der Waals surface area contributed by atoms with Crippen LogP contribution >= 0.6 is 27.5 Å². The van der Waals surface area contributed by atoms with Gasteiger partial charge in [-0.1, -0.05) is 33.6 Å². The van der Waals surface area contributed by atoms with Gasteiger partial charge in [-0.05, 0) is 36.4 Å². The third-order valence-corrected chi connectivity index (χ3v) is 4.06. The van der Waals surface area contributed by atoms with Gasteiger partial charge in [0.2, 0.25) is 0 Å². The van der Waals surface area contributed by atoms with E-state index in [0.717, 1.165) is 26.8 Å². The van der Waals surface area contributed by atoms with Gasteiger partial charge in [-0.3, -0.25) is 0 Å². The fourth-order valence-electron chi connectivity index (χ4n) is 2.28. The predicted octanol–water partition coefficient (Wildman–Crippen LogP) is 4.91. The molecule has 1 atom stereocenters. The summed E-state index contributed by atoms with van der Waals surface area (Å²) in [5, 5.41) is 1.61. The topological polar surface area (TPSA) is 48.4 Å². The first-order valence-corrected chi connectivity index (χ1v) is 7.53. The minimum atomic E-state index is -0.403. The first-order chi connectivity index (χ1) is 10.1. The van der Waals surface area contributed by atoms with Gasteiger partial charge in [-0.25, -0.2) is 0 Å². The zero-order valence-electron chi connectivity index (χ0n) is 11.3. The summed E-state index contributed by atoms with van der Waals surface area (Å²) < 4.78 is 12.1. The fraction of sp³-hybridized carbons (Fsp3) is 0.125. The lowest BCUT2D eigenvalue weighted by Gasteiger charge is -2.14. The smallest absolute Gasteiger partial charge is 0.134 e. The minimum Gasteiger partial charge on any atom is -0.496 e. The number of ether oxygens (including phenoxy) is 1. The van der Waals surface area contributed by atoms with Gasteiger partial charge >= 0.3 is 0 Å². The number of halogens is 2. The molecule has 21 heavy (non-hydrogen) atoms. The maximum Gasteiger partial charge on any atom is 0.134 e. The molecule has 3 rings (SSSR count). The Morgan fingerprint density at radius 3 is 2.76 bits per heavy atom. The second kappa shape index (κ2) is 5.72. The number of nitrogens with two attached hydrogens (primary N) is 1. The van der Waals surface area contributed by atoms with Crippen molar-refractivity contribution < 1.29 is 9.15 Å². The zero-order valence-corrected chi connectivity index (χ0v) is 13.6. The molecular weight excluding hydrogens is 354 g/mol. The highest BCUT2D eigenvalue weighted by molar-refractivity contribution is 9.10. The third kappa shape index (κ3) is 2.79. The van der Waals surface area contributed by atoms with Gasteiger partial charge in [0.1, 0.15) is 17.1 Å². The maximum atomic E-state index is 6.32. The van der Waals surface area contributed by atoms with Crippen molar-refractivity contribution in [3.05, 3.63) is 63.3 Å². The molecule has 0 saturated heterocycles. The van der Waals surface area contributed by atoms with Crippen molar-refractivity contribution in [2.24, 2.45) is 5.73 Å². The molecule has 0 spiro atoms. The van der Waals surface area contributed by atoms with Crippen molar-refractivity contribution in [2.45, 2.75) is 6.04 Å². The number of hydrogen-bond acceptors (Lipinski definition) is 3. The molecule has 2 aromatic carbocycles. The Kier molecular flexibility index (Phi) is 3.93. The molecule has 5 heteroatoms. The molecular formula is C16H13BrClNO2. The van der Waals surface area contributed by atoms with E-state index in [9.17, 15) is 0 Å². The second-order valence-corrected chi connectivity index (χ2v) is 6.05. The molecule has 0 radical (unpaired) electrons. The van der Waals surface area contributed by atoms with Crippen LogP contribution in [0.2, 0.25) is 5.02 Å². The van der Waals surface area contributed by atoms with Gasteiger partial charge < -0.3 is 14.9 Å². The van der Waals surface area contributed by atoms with Gasteiger partial charge in [-0.2, -0.15) is 0 Å². The molecule has 3 nitrogen and oxygen atoms in total. The predicted molar refractivity (Wildman–Crippen MR) is 87.9 cm³/mol. The first kappa shape index (κ1) is 14.4. The molecule has 2 N–H and O–H groups in total. The number of furan rings is 1. The van der Waals surface area contributed by atoms with Gasteiger partial charge in [0.05, 0.1) is 13.2 Å². The Labute approximate surface area is 135 Å². The SMILES string of the molecule is COc1cc(Br)ccc1C(N)c1cc2cc(Cl)ccc2o1. The Hall–Kier alpha value is -1.49. The lowest BCUT2D eigenvalue weighted by atomic mass is 10.0. The molecule has 3 aromatic rings. The standard InChI is InChI=1S/C16H13BrClNO2/c1-20-14-8-10(17)2-4-12(14)16(19)15-7-9-6-11(18)3-5-13(9)21-15/h2-8,16H,19H2,1H3. The van der Waals surface area contributed by atoms with Crippen LogP contribution in [-0.4, -0.2) is 7.11 Å². The second-order valence-electron chi connectivity index (χ2n) is 4.69. The molecule has 0 saturated carbocycles. The van der Waals surface area contributed by atoms with E-state index in [-0.39, 0.29) is 0 Å². The van der Waals surface area contributed by atoms with Crippen molar-refractivity contribution in [3.8, 4) is 5.75 Å². The summed E-state index contributed by atoms with van der Waals surface area (Å²) in [4.78, 5) is 0. The molecule has 1 heterocycles. The molecule has 108 valence electrons. The van der Waals surface area contributed by atoms with Crippen molar-refractivity contribution in [1.82, 2.24) is 0 Å². The summed E-state index contributed by atoms with van der Waals surface area (Å²) in [5.74, 6) is 1.39. The van der Waals surface area contributed by atoms with Crippen LogP contribution in [-0.2, 0) is 0 Å². The number of benzene rings is 2. The summed E-state index contributed by atoms with van der Waals surface area (Å²) in [7, 11) is 1.62. The van der Waals surface area contributed by atoms with Crippen LogP contribution in [0, 0.1) is 0 Å². The van der Waals surface area contributed by atoms with Crippen molar-refractivity contribution in [2.75, 3.05) is 7.11 Å². The quantitative estimate of drug-likeness (QED) is 0.717. The molecule has 0 bridgehead atoms. The van der Waals surface area contributed by atoms with E-state index in [0.29, 0.717) is 10.8 Å². The molecule has 0 fully saturated rings. The van der Waals surface area contributed by atoms with E-state index in [1.807, 2.05) is 36.4 Å². The molecule has 0 aliphatic heterocycles. The first-order valence-electron chi connectivity index (χ1n) is 6.36. The van der Waals surface area contributed by atoms with Gasteiger partial charge in [0.15, 0.2) is 0 Å². The summed E-state index contributed by atoms with van der Waals surface area (Å²) in [6.45, 7) is 0. The van der Waals surface area contributed by atoms with Gasteiger partial charge in [-0.15, -0.1) is 0 Å². The highest BCUT2D eigenvalue weighted by atomic mass is 79.9. The summed E-state index contributed by atoms with van der Waals surface area (Å²) in [5.41, 5.74) is 7.95. The Bertz CT molecular complexity index is 800. The van der Waals surface area contributed by atoms with Crippen LogP contribution in [0.5, 0.6) is 5.75 Å². The lowest BCUT2D eigenvalue weighted by molar-refractivity contribution is 0.404. The highest BCUT2D eigenvalue weighted by Crippen LogP contribution is 2.33. The summed E-state index contributed by atoms with van der Waals surface area (Å²) >= 11 is 9.41. The largest absolute Gasteiger partial charge is 0.496 e. The summed E-state index contributed by atoms with van der Waals surface area (Å²) in [6.07, 6.45) is 0. The zero-order chi connectivity index (χ0) is 15.0. The Balaban J connectivity index is 2.05. The Morgan fingerprint density at radius 1 is 1.19 bits per heavy atom. The number of hydrogen-bond donors (Lipinski definition) is 1. The van der Waals surface area contributed by atoms with Crippen LogP contribution in [0.1, 0.15) is 17.4 Å². The monoisotopic (exact) mass is 365 g/mol. The molecule has 0 amide bonds. The van der Waals surface area contributed by atoms with Crippen LogP contribution in [0.4, 0.5) is 0 Å². The molecule has 0 aliphatic rings. The highest BCUT2D eigenvalue weighted by Gasteiger charge is 2.18.